The zero-order valence-corrected chi connectivity index (χ0v) is 10.1. The number of nitrogen functional groups attached to an aromatic ring is 1. The molecule has 1 aromatic heterocycles. The molecule has 0 aliphatic rings. The van der Waals surface area contributed by atoms with Gasteiger partial charge in [0.05, 0.1) is 0 Å². The normalized spacial score (nSPS) is 9.19. The van der Waals surface area contributed by atoms with Gasteiger partial charge in [-0.3, -0.25) is 4.98 Å². The highest BCUT2D eigenvalue weighted by atomic mass is 14.6. The van der Waals surface area contributed by atoms with Gasteiger partial charge in [0.1, 0.15) is 0 Å². The lowest BCUT2D eigenvalue weighted by molar-refractivity contribution is 1.20. The molecule has 0 bridgehead atoms. The lowest BCUT2D eigenvalue weighted by Gasteiger charge is -2.02. The molecule has 2 aromatic rings. The molecule has 0 fully saturated rings. The van der Waals surface area contributed by atoms with E-state index in [2.05, 4.69) is 11.1 Å². The fourth-order valence-corrected chi connectivity index (χ4v) is 1.40. The Kier molecular flexibility index (Phi) is 4.52. The summed E-state index contributed by atoms with van der Waals surface area (Å²) in [6, 6.07) is 11.9. The highest BCUT2D eigenvalue weighted by Gasteiger charge is 1.97. The molecule has 2 heteroatoms. The molecule has 2 rings (SSSR count). The van der Waals surface area contributed by atoms with Crippen LogP contribution in [0.1, 0.15) is 19.5 Å². The van der Waals surface area contributed by atoms with Crippen LogP contribution in [-0.4, -0.2) is 4.98 Å². The molecule has 84 valence electrons. The first kappa shape index (κ1) is 12.2. The van der Waals surface area contributed by atoms with Crippen molar-refractivity contribution in [2.45, 2.75) is 20.8 Å². The summed E-state index contributed by atoms with van der Waals surface area (Å²) in [5, 5.41) is 0. The first-order valence-electron chi connectivity index (χ1n) is 5.54. The summed E-state index contributed by atoms with van der Waals surface area (Å²) < 4.78 is 0. The third kappa shape index (κ3) is 3.09. The van der Waals surface area contributed by atoms with Crippen molar-refractivity contribution in [3.8, 4) is 11.1 Å². The van der Waals surface area contributed by atoms with Crippen molar-refractivity contribution in [2.24, 2.45) is 0 Å². The fourth-order valence-electron chi connectivity index (χ4n) is 1.40. The zero-order valence-electron chi connectivity index (χ0n) is 10.1. The molecule has 1 heterocycles. The van der Waals surface area contributed by atoms with Crippen molar-refractivity contribution >= 4 is 5.69 Å². The van der Waals surface area contributed by atoms with Crippen molar-refractivity contribution in [1.29, 1.82) is 0 Å². The minimum absolute atomic E-state index is 0.791. The van der Waals surface area contributed by atoms with E-state index in [4.69, 9.17) is 5.73 Å². The van der Waals surface area contributed by atoms with Gasteiger partial charge in [-0.2, -0.15) is 0 Å². The van der Waals surface area contributed by atoms with E-state index in [9.17, 15) is 0 Å². The molecule has 2 nitrogen and oxygen atoms in total. The van der Waals surface area contributed by atoms with Gasteiger partial charge in [0.2, 0.25) is 0 Å². The van der Waals surface area contributed by atoms with Crippen molar-refractivity contribution in [1.82, 2.24) is 4.98 Å². The Morgan fingerprint density at radius 1 is 0.938 bits per heavy atom. The molecular weight excluding hydrogens is 196 g/mol. The van der Waals surface area contributed by atoms with Gasteiger partial charge in [0.25, 0.3) is 0 Å². The minimum atomic E-state index is 0.791. The maximum Gasteiger partial charge on any atom is 0.0378 e. The van der Waals surface area contributed by atoms with E-state index >= 15 is 0 Å². The number of nitrogens with two attached hydrogens (primary N) is 1. The Morgan fingerprint density at radius 3 is 2.12 bits per heavy atom. The van der Waals surface area contributed by atoms with Crippen LogP contribution in [0.25, 0.3) is 11.1 Å². The van der Waals surface area contributed by atoms with Crippen LogP contribution in [0.2, 0.25) is 0 Å². The average Bonchev–Trinajstić information content (AvgIpc) is 2.32. The molecule has 1 aromatic carbocycles. The van der Waals surface area contributed by atoms with E-state index < -0.39 is 0 Å². The number of benzene rings is 1. The molecule has 0 saturated carbocycles. The number of rotatable bonds is 1. The summed E-state index contributed by atoms with van der Waals surface area (Å²) in [7, 11) is 0. The average molecular weight is 214 g/mol. The minimum Gasteiger partial charge on any atom is -0.399 e. The molecule has 0 aliphatic carbocycles. The number of hydrogen-bond acceptors (Lipinski definition) is 2. The SMILES string of the molecule is CC.Cc1cc(-c2ccc(N)cc2)ccn1. The summed E-state index contributed by atoms with van der Waals surface area (Å²) in [6.07, 6.45) is 1.82. The predicted octanol–water partition coefficient (Wildman–Crippen LogP) is 3.67. The molecular formula is C14H18N2. The van der Waals surface area contributed by atoms with E-state index in [-0.39, 0.29) is 0 Å². The fraction of sp³-hybridized carbons (Fsp3) is 0.214. The van der Waals surface area contributed by atoms with E-state index in [0.29, 0.717) is 0 Å². The quantitative estimate of drug-likeness (QED) is 0.736. The van der Waals surface area contributed by atoms with Gasteiger partial charge >= 0.3 is 0 Å². The summed E-state index contributed by atoms with van der Waals surface area (Å²) in [4.78, 5) is 4.16. The third-order valence-electron chi connectivity index (χ3n) is 2.14. The van der Waals surface area contributed by atoms with Gasteiger partial charge in [-0.05, 0) is 42.3 Å². The zero-order chi connectivity index (χ0) is 12.0. The second-order valence-electron chi connectivity index (χ2n) is 3.31. The number of pyridine rings is 1. The molecule has 0 aliphatic heterocycles. The van der Waals surface area contributed by atoms with Crippen molar-refractivity contribution in [3.63, 3.8) is 0 Å². The highest BCUT2D eigenvalue weighted by Crippen LogP contribution is 2.20. The van der Waals surface area contributed by atoms with Crippen LogP contribution in [0.4, 0.5) is 5.69 Å². The standard InChI is InChI=1S/C12H12N2.C2H6/c1-9-8-11(6-7-14-9)10-2-4-12(13)5-3-10;1-2/h2-8H,13H2,1H3;1-2H3. The second-order valence-corrected chi connectivity index (χ2v) is 3.31. The predicted molar refractivity (Wildman–Crippen MR) is 70.2 cm³/mol. The Hall–Kier alpha value is -1.83. The van der Waals surface area contributed by atoms with E-state index in [1.165, 1.54) is 11.1 Å². The third-order valence-corrected chi connectivity index (χ3v) is 2.14. The smallest absolute Gasteiger partial charge is 0.0378 e. The number of aryl methyl sites for hydroxylation is 1. The number of hydrogen-bond donors (Lipinski definition) is 1. The monoisotopic (exact) mass is 214 g/mol. The summed E-state index contributed by atoms with van der Waals surface area (Å²) in [5.41, 5.74) is 9.79. The molecule has 0 unspecified atom stereocenters. The number of nitrogens with zero attached hydrogens (tertiary/aromatic N) is 1. The largest absolute Gasteiger partial charge is 0.399 e. The topological polar surface area (TPSA) is 38.9 Å². The molecule has 0 atom stereocenters. The molecule has 0 radical (unpaired) electrons. The van der Waals surface area contributed by atoms with Gasteiger partial charge < -0.3 is 5.73 Å². The Balaban J connectivity index is 0.000000606. The van der Waals surface area contributed by atoms with Gasteiger partial charge in [0, 0.05) is 17.6 Å². The van der Waals surface area contributed by atoms with Crippen LogP contribution in [0.15, 0.2) is 42.6 Å². The van der Waals surface area contributed by atoms with Crippen molar-refractivity contribution < 1.29 is 0 Å². The maximum absolute atomic E-state index is 5.62. The molecule has 16 heavy (non-hydrogen) atoms. The van der Waals surface area contributed by atoms with Crippen LogP contribution in [0.3, 0.4) is 0 Å². The maximum atomic E-state index is 5.62. The Morgan fingerprint density at radius 2 is 1.56 bits per heavy atom. The highest BCUT2D eigenvalue weighted by molar-refractivity contribution is 5.65. The van der Waals surface area contributed by atoms with Crippen LogP contribution in [0.5, 0.6) is 0 Å². The van der Waals surface area contributed by atoms with Crippen molar-refractivity contribution in [2.75, 3.05) is 5.73 Å². The van der Waals surface area contributed by atoms with Crippen LogP contribution >= 0.6 is 0 Å². The Bertz CT molecular complexity index is 433. The Labute approximate surface area is 97.1 Å². The van der Waals surface area contributed by atoms with Gasteiger partial charge in [-0.1, -0.05) is 26.0 Å². The lowest BCUT2D eigenvalue weighted by atomic mass is 10.1. The lowest BCUT2D eigenvalue weighted by Crippen LogP contribution is -1.85. The summed E-state index contributed by atoms with van der Waals surface area (Å²) >= 11 is 0. The van der Waals surface area contributed by atoms with Gasteiger partial charge in [-0.25, -0.2) is 0 Å². The first-order valence-corrected chi connectivity index (χ1v) is 5.54. The van der Waals surface area contributed by atoms with Crippen LogP contribution in [-0.2, 0) is 0 Å². The first-order chi connectivity index (χ1) is 7.75. The molecule has 0 saturated heterocycles. The van der Waals surface area contributed by atoms with E-state index in [0.717, 1.165) is 11.4 Å². The molecule has 2 N–H and O–H groups in total. The van der Waals surface area contributed by atoms with Crippen molar-refractivity contribution in [3.05, 3.63) is 48.3 Å². The van der Waals surface area contributed by atoms with Gasteiger partial charge in [0.15, 0.2) is 0 Å². The van der Waals surface area contributed by atoms with E-state index in [1.807, 2.05) is 57.3 Å². The summed E-state index contributed by atoms with van der Waals surface area (Å²) in [6.45, 7) is 5.99. The number of anilines is 1. The molecule has 0 amide bonds. The van der Waals surface area contributed by atoms with E-state index in [1.54, 1.807) is 0 Å². The van der Waals surface area contributed by atoms with Gasteiger partial charge in [-0.15, -0.1) is 0 Å². The number of aromatic nitrogens is 1. The summed E-state index contributed by atoms with van der Waals surface area (Å²) in [5.74, 6) is 0. The van der Waals surface area contributed by atoms with Crippen LogP contribution < -0.4 is 5.73 Å². The molecule has 0 spiro atoms. The second kappa shape index (κ2) is 5.91. The van der Waals surface area contributed by atoms with Crippen LogP contribution in [0, 0.1) is 6.92 Å².